The Bertz CT molecular complexity index is 499. The smallest absolute Gasteiger partial charge is 0.242 e. The second-order valence-corrected chi connectivity index (χ2v) is 8.36. The molecule has 0 aliphatic carbocycles. The Morgan fingerprint density at radius 2 is 2.17 bits per heavy atom. The number of aliphatic hydroxyl groups excluding tert-OH is 1. The monoisotopic (exact) mass is 356 g/mol. The molecule has 104 valence electrons. The van der Waals surface area contributed by atoms with E-state index in [0.29, 0.717) is 15.2 Å². The summed E-state index contributed by atoms with van der Waals surface area (Å²) in [5, 5.41) is 9.00. The predicted octanol–water partition coefficient (Wildman–Crippen LogP) is 1.23. The lowest BCUT2D eigenvalue weighted by molar-refractivity contribution is 0.285. The molecule has 18 heavy (non-hydrogen) atoms. The van der Waals surface area contributed by atoms with Crippen LogP contribution in [0.4, 0.5) is 0 Å². The maximum atomic E-state index is 12.1. The van der Waals surface area contributed by atoms with Gasteiger partial charge in [0.2, 0.25) is 10.0 Å². The van der Waals surface area contributed by atoms with Crippen molar-refractivity contribution in [3.63, 3.8) is 0 Å². The predicted molar refractivity (Wildman–Crippen MR) is 76.3 cm³/mol. The van der Waals surface area contributed by atoms with Crippen LogP contribution < -0.4 is 4.72 Å². The summed E-state index contributed by atoms with van der Waals surface area (Å²) in [4.78, 5) is 2.73. The number of aliphatic hydroxyl groups is 1. The minimum atomic E-state index is -3.53. The molecule has 0 fully saturated rings. The van der Waals surface area contributed by atoms with Crippen molar-refractivity contribution in [2.24, 2.45) is 0 Å². The number of nitrogens with one attached hydrogen (secondary N) is 1. The van der Waals surface area contributed by atoms with E-state index >= 15 is 0 Å². The van der Waals surface area contributed by atoms with E-state index < -0.39 is 10.0 Å². The molecule has 0 saturated heterocycles. The van der Waals surface area contributed by atoms with Gasteiger partial charge in [-0.05, 0) is 43.0 Å². The average Bonchev–Trinajstić information content (AvgIpc) is 2.68. The quantitative estimate of drug-likeness (QED) is 0.804. The van der Waals surface area contributed by atoms with Crippen molar-refractivity contribution < 1.29 is 13.5 Å². The Hall–Kier alpha value is 0.01000. The molecule has 0 aromatic carbocycles. The first-order valence-electron chi connectivity index (χ1n) is 5.33. The van der Waals surface area contributed by atoms with Gasteiger partial charge in [0, 0.05) is 17.5 Å². The van der Waals surface area contributed by atoms with Crippen molar-refractivity contribution in [2.75, 3.05) is 20.6 Å². The first-order valence-corrected chi connectivity index (χ1v) is 8.42. The highest BCUT2D eigenvalue weighted by molar-refractivity contribution is 9.11. The van der Waals surface area contributed by atoms with Crippen LogP contribution in [-0.4, -0.2) is 45.1 Å². The van der Waals surface area contributed by atoms with Gasteiger partial charge in [0.15, 0.2) is 0 Å². The van der Waals surface area contributed by atoms with Crippen LogP contribution in [0, 0.1) is 0 Å². The highest BCUT2D eigenvalue weighted by Crippen LogP contribution is 2.31. The normalized spacial score (nSPS) is 14.1. The summed E-state index contributed by atoms with van der Waals surface area (Å²) in [5.74, 6) is 0. The summed E-state index contributed by atoms with van der Waals surface area (Å²) in [7, 11) is 0.251. The zero-order chi connectivity index (χ0) is 13.9. The molecule has 0 spiro atoms. The topological polar surface area (TPSA) is 69.6 Å². The maximum absolute atomic E-state index is 12.1. The average molecular weight is 357 g/mol. The second-order valence-electron chi connectivity index (χ2n) is 4.17. The molecule has 0 aliphatic heterocycles. The third-order valence-corrected chi connectivity index (χ3v) is 6.26. The molecule has 1 rings (SSSR count). The number of halogens is 1. The highest BCUT2D eigenvalue weighted by Gasteiger charge is 2.21. The number of nitrogens with zero attached hydrogens (tertiary/aromatic N) is 1. The summed E-state index contributed by atoms with van der Waals surface area (Å²) in [6.07, 6.45) is 0. The summed E-state index contributed by atoms with van der Waals surface area (Å²) in [6.45, 7) is 2.11. The Labute approximate surface area is 120 Å². The Morgan fingerprint density at radius 1 is 1.56 bits per heavy atom. The van der Waals surface area contributed by atoms with Crippen LogP contribution in [0.2, 0.25) is 0 Å². The van der Waals surface area contributed by atoms with Gasteiger partial charge in [-0.15, -0.1) is 11.3 Å². The zero-order valence-electron chi connectivity index (χ0n) is 10.5. The fourth-order valence-electron chi connectivity index (χ4n) is 1.15. The molecular formula is C10H17BrN2O3S2. The summed E-state index contributed by atoms with van der Waals surface area (Å²) >= 11 is 4.43. The maximum Gasteiger partial charge on any atom is 0.242 e. The van der Waals surface area contributed by atoms with Gasteiger partial charge >= 0.3 is 0 Å². The van der Waals surface area contributed by atoms with Crippen molar-refractivity contribution in [3.8, 4) is 0 Å². The van der Waals surface area contributed by atoms with E-state index in [-0.39, 0.29) is 17.5 Å². The molecule has 2 N–H and O–H groups in total. The molecule has 1 atom stereocenters. The Balaban J connectivity index is 2.83. The molecule has 1 aromatic rings. The molecule has 5 nitrogen and oxygen atoms in total. The molecule has 0 bridgehead atoms. The van der Waals surface area contributed by atoms with Crippen LogP contribution in [-0.2, 0) is 16.6 Å². The number of thiophene rings is 1. The lowest BCUT2D eigenvalue weighted by atomic mass is 10.3. The lowest BCUT2D eigenvalue weighted by Crippen LogP contribution is -2.38. The fraction of sp³-hybridized carbons (Fsp3) is 0.600. The minimum Gasteiger partial charge on any atom is -0.391 e. The van der Waals surface area contributed by atoms with E-state index in [9.17, 15) is 8.42 Å². The van der Waals surface area contributed by atoms with Gasteiger partial charge in [0.05, 0.1) is 10.4 Å². The van der Waals surface area contributed by atoms with Crippen LogP contribution in [0.25, 0.3) is 0 Å². The van der Waals surface area contributed by atoms with Crippen molar-refractivity contribution in [2.45, 2.75) is 24.5 Å². The van der Waals surface area contributed by atoms with E-state index in [4.69, 9.17) is 5.11 Å². The minimum absolute atomic E-state index is 0.106. The van der Waals surface area contributed by atoms with E-state index in [1.807, 2.05) is 25.9 Å². The standard InChI is InChI=1S/C10H17BrN2O3S2/c1-7(13(2)3)5-12-18(15,16)9-4-8(6-14)17-10(9)11/h4,7,12,14H,5-6H2,1-3H3. The molecule has 1 unspecified atom stereocenters. The molecule has 1 heterocycles. The largest absolute Gasteiger partial charge is 0.391 e. The van der Waals surface area contributed by atoms with Gasteiger partial charge in [-0.25, -0.2) is 13.1 Å². The molecule has 0 amide bonds. The third kappa shape index (κ3) is 4.01. The van der Waals surface area contributed by atoms with Crippen molar-refractivity contribution in [1.82, 2.24) is 9.62 Å². The number of likely N-dealkylation sites (N-methyl/N-ethyl adjacent to an activating group) is 1. The SMILES string of the molecule is CC(CNS(=O)(=O)c1cc(CO)sc1Br)N(C)C. The Morgan fingerprint density at radius 3 is 2.61 bits per heavy atom. The molecule has 0 radical (unpaired) electrons. The van der Waals surface area contributed by atoms with Gasteiger partial charge in [0.25, 0.3) is 0 Å². The summed E-state index contributed by atoms with van der Waals surface area (Å²) < 4.78 is 27.2. The van der Waals surface area contributed by atoms with E-state index in [2.05, 4.69) is 20.7 Å². The summed E-state index contributed by atoms with van der Waals surface area (Å²) in [5.41, 5.74) is 0. The second kappa shape index (κ2) is 6.44. The van der Waals surface area contributed by atoms with Gasteiger partial charge in [-0.3, -0.25) is 0 Å². The lowest BCUT2D eigenvalue weighted by Gasteiger charge is -2.19. The number of sulfonamides is 1. The summed E-state index contributed by atoms with van der Waals surface area (Å²) in [6, 6.07) is 1.59. The molecule has 1 aromatic heterocycles. The van der Waals surface area contributed by atoms with Crippen molar-refractivity contribution in [3.05, 3.63) is 14.7 Å². The van der Waals surface area contributed by atoms with Crippen LogP contribution in [0.15, 0.2) is 14.7 Å². The first kappa shape index (κ1) is 16.1. The van der Waals surface area contributed by atoms with Crippen LogP contribution >= 0.6 is 27.3 Å². The highest BCUT2D eigenvalue weighted by atomic mass is 79.9. The van der Waals surface area contributed by atoms with Crippen LogP contribution in [0.5, 0.6) is 0 Å². The third-order valence-electron chi connectivity index (χ3n) is 2.60. The van der Waals surface area contributed by atoms with Crippen molar-refractivity contribution >= 4 is 37.3 Å². The molecule has 0 aliphatic rings. The van der Waals surface area contributed by atoms with E-state index in [1.54, 1.807) is 0 Å². The fourth-order valence-corrected chi connectivity index (χ4v) is 4.81. The van der Waals surface area contributed by atoms with Crippen LogP contribution in [0.3, 0.4) is 0 Å². The van der Waals surface area contributed by atoms with E-state index in [1.165, 1.54) is 17.4 Å². The van der Waals surface area contributed by atoms with Crippen molar-refractivity contribution in [1.29, 1.82) is 0 Å². The van der Waals surface area contributed by atoms with Crippen LogP contribution in [0.1, 0.15) is 11.8 Å². The number of hydrogen-bond donors (Lipinski definition) is 2. The van der Waals surface area contributed by atoms with Gasteiger partial charge in [0.1, 0.15) is 4.90 Å². The molecular weight excluding hydrogens is 340 g/mol. The van der Waals surface area contributed by atoms with E-state index in [0.717, 1.165) is 0 Å². The zero-order valence-corrected chi connectivity index (χ0v) is 13.7. The van der Waals surface area contributed by atoms with Gasteiger partial charge in [-0.2, -0.15) is 0 Å². The Kier molecular flexibility index (Phi) is 5.75. The first-order chi connectivity index (χ1) is 8.27. The number of hydrogen-bond acceptors (Lipinski definition) is 5. The van der Waals surface area contributed by atoms with Gasteiger partial charge < -0.3 is 10.0 Å². The molecule has 0 saturated carbocycles. The number of rotatable bonds is 6. The molecule has 8 heteroatoms. The van der Waals surface area contributed by atoms with Gasteiger partial charge in [-0.1, -0.05) is 0 Å².